The number of nitrogens with zero attached hydrogens (tertiary/aromatic N) is 4. The van der Waals surface area contributed by atoms with Gasteiger partial charge in [0.15, 0.2) is 0 Å². The highest BCUT2D eigenvalue weighted by molar-refractivity contribution is 6.20. The molecule has 2 unspecified atom stereocenters. The van der Waals surface area contributed by atoms with E-state index in [1.165, 1.54) is 83.4 Å². The molecule has 0 amide bonds. The van der Waals surface area contributed by atoms with Gasteiger partial charge in [-0.1, -0.05) is 116 Å². The van der Waals surface area contributed by atoms with Crippen LogP contribution in [0.3, 0.4) is 0 Å². The van der Waals surface area contributed by atoms with Crippen molar-refractivity contribution in [3.05, 3.63) is 217 Å². The predicted molar refractivity (Wildman–Crippen MR) is 264 cm³/mol. The first-order valence-electron chi connectivity index (χ1n) is 22.1. The molecule has 4 heteroatoms. The van der Waals surface area contributed by atoms with Crippen molar-refractivity contribution in [2.45, 2.75) is 52.5 Å². The van der Waals surface area contributed by atoms with Gasteiger partial charge >= 0.3 is 0 Å². The topological polar surface area (TPSA) is 14.7 Å². The lowest BCUT2D eigenvalue weighted by Crippen LogP contribution is -2.26. The van der Waals surface area contributed by atoms with Gasteiger partial charge in [-0.3, -0.25) is 0 Å². The fraction of sp³-hybridized carbons (Fsp3) is 0.138. The molecule has 62 heavy (non-hydrogen) atoms. The number of allylic oxidation sites excluding steroid dienone is 4. The van der Waals surface area contributed by atoms with Crippen LogP contribution in [0, 0.1) is 13.8 Å². The molecular formula is C58H50N4. The molecule has 0 bridgehead atoms. The van der Waals surface area contributed by atoms with Gasteiger partial charge in [-0.05, 0) is 140 Å². The van der Waals surface area contributed by atoms with E-state index in [1.807, 2.05) is 0 Å². The molecule has 302 valence electrons. The second-order valence-electron chi connectivity index (χ2n) is 17.0. The third kappa shape index (κ3) is 6.12. The number of para-hydroxylation sites is 4. The van der Waals surface area contributed by atoms with E-state index in [4.69, 9.17) is 0 Å². The monoisotopic (exact) mass is 802 g/mol. The van der Waals surface area contributed by atoms with Gasteiger partial charge in [-0.15, -0.1) is 0 Å². The molecule has 1 aliphatic carbocycles. The van der Waals surface area contributed by atoms with Gasteiger partial charge in [0.2, 0.25) is 0 Å². The van der Waals surface area contributed by atoms with Crippen LogP contribution in [0.15, 0.2) is 200 Å². The van der Waals surface area contributed by atoms with E-state index in [0.29, 0.717) is 12.0 Å². The minimum atomic E-state index is 0.303. The second kappa shape index (κ2) is 15.3. The Morgan fingerprint density at radius 2 is 0.935 bits per heavy atom. The molecule has 2 atom stereocenters. The van der Waals surface area contributed by atoms with Crippen molar-refractivity contribution in [2.75, 3.05) is 14.7 Å². The average Bonchev–Trinajstić information content (AvgIpc) is 3.75. The van der Waals surface area contributed by atoms with Crippen LogP contribution in [0.4, 0.5) is 39.8 Å². The first-order chi connectivity index (χ1) is 30.5. The molecule has 0 saturated carbocycles. The maximum Gasteiger partial charge on any atom is 0.0609 e. The fourth-order valence-electron chi connectivity index (χ4n) is 10.3. The molecule has 8 aromatic carbocycles. The Kier molecular flexibility index (Phi) is 9.30. The summed E-state index contributed by atoms with van der Waals surface area (Å²) in [6, 6.07) is 66.6. The highest BCUT2D eigenvalue weighted by Crippen LogP contribution is 2.51. The zero-order chi connectivity index (χ0) is 41.9. The summed E-state index contributed by atoms with van der Waals surface area (Å²) in [5.41, 5.74) is 16.3. The molecule has 9 aromatic rings. The van der Waals surface area contributed by atoms with Crippen LogP contribution in [0.5, 0.6) is 0 Å². The number of hydrogen-bond donors (Lipinski definition) is 0. The summed E-state index contributed by atoms with van der Waals surface area (Å²) in [6.45, 7) is 9.34. The Bertz CT molecular complexity index is 3090. The Labute approximate surface area is 364 Å². The summed E-state index contributed by atoms with van der Waals surface area (Å²) in [6.07, 6.45) is 6.59. The SMILES string of the molecule is Cc1c(C)n(C2=CC=C(N(c3ccccc3)c3ccccc3)CC2)c2c1ccc1c3ccc4c(c3ccc12)N(c1ccc(N(c2ccccc2)c2ccccc2)cc1)C(C)C4C. The average molecular weight is 803 g/mol. The van der Waals surface area contributed by atoms with Crippen molar-refractivity contribution < 1.29 is 0 Å². The molecule has 0 saturated heterocycles. The van der Waals surface area contributed by atoms with Crippen LogP contribution in [0.1, 0.15) is 49.4 Å². The largest absolute Gasteiger partial charge is 0.337 e. The smallest absolute Gasteiger partial charge is 0.0609 e. The lowest BCUT2D eigenvalue weighted by atomic mass is 9.93. The Morgan fingerprint density at radius 3 is 1.50 bits per heavy atom. The Hall–Kier alpha value is -7.30. The predicted octanol–water partition coefficient (Wildman–Crippen LogP) is 16.0. The molecule has 2 aliphatic rings. The maximum atomic E-state index is 2.59. The first-order valence-corrected chi connectivity index (χ1v) is 22.1. The van der Waals surface area contributed by atoms with Gasteiger partial charge in [0.05, 0.1) is 11.2 Å². The molecule has 1 aliphatic heterocycles. The molecule has 0 spiro atoms. The summed E-state index contributed by atoms with van der Waals surface area (Å²) in [5.74, 6) is 0.385. The molecule has 11 rings (SSSR count). The van der Waals surface area contributed by atoms with Crippen LogP contribution < -0.4 is 14.7 Å². The van der Waals surface area contributed by atoms with Crippen molar-refractivity contribution in [3.63, 3.8) is 0 Å². The molecule has 0 radical (unpaired) electrons. The first kappa shape index (κ1) is 37.7. The van der Waals surface area contributed by atoms with Gasteiger partial charge in [0, 0.05) is 79.3 Å². The van der Waals surface area contributed by atoms with Crippen LogP contribution >= 0.6 is 0 Å². The van der Waals surface area contributed by atoms with Crippen molar-refractivity contribution in [3.8, 4) is 0 Å². The number of fused-ring (bicyclic) bond motifs is 7. The highest BCUT2D eigenvalue weighted by atomic mass is 15.2. The third-order valence-corrected chi connectivity index (χ3v) is 13.7. The molecule has 0 N–H and O–H groups in total. The number of aromatic nitrogens is 1. The number of hydrogen-bond acceptors (Lipinski definition) is 3. The molecule has 4 nitrogen and oxygen atoms in total. The fourth-order valence-corrected chi connectivity index (χ4v) is 10.3. The van der Waals surface area contributed by atoms with Crippen molar-refractivity contribution in [1.82, 2.24) is 4.57 Å². The summed E-state index contributed by atoms with van der Waals surface area (Å²) in [4.78, 5) is 7.33. The third-order valence-electron chi connectivity index (χ3n) is 13.7. The van der Waals surface area contributed by atoms with Crippen LogP contribution in [-0.4, -0.2) is 10.6 Å². The van der Waals surface area contributed by atoms with Crippen LogP contribution in [-0.2, 0) is 0 Å². The Balaban J connectivity index is 1.00. The second-order valence-corrected chi connectivity index (χ2v) is 17.0. The molecule has 0 fully saturated rings. The zero-order valence-corrected chi connectivity index (χ0v) is 35.8. The standard InChI is InChI=1S/C58H50N4/c1-39-41(3)59(47-25-29-49(30-26-47)61(43-17-9-5-10-18-43)44-19-11-6-12-20-44)57-51(39)33-35-53-54-36-34-52-40(2)42(4)60(58(52)56(54)38-37-55(53)57)48-27-31-50(32-28-48)62(45-21-13-7-14-22-45)46-23-15-8-16-24-46/h5-27,29-31,33-39,41H,28,32H2,1-4H3. The van der Waals surface area contributed by atoms with E-state index < -0.39 is 0 Å². The number of rotatable bonds is 8. The summed E-state index contributed by atoms with van der Waals surface area (Å²) >= 11 is 0. The van der Waals surface area contributed by atoms with Crippen molar-refractivity contribution >= 4 is 78.0 Å². The van der Waals surface area contributed by atoms with Gasteiger partial charge in [-0.25, -0.2) is 0 Å². The normalized spacial score (nSPS) is 16.1. The number of aryl methyl sites for hydroxylation is 1. The minimum absolute atomic E-state index is 0.303. The highest BCUT2D eigenvalue weighted by Gasteiger charge is 2.35. The quantitative estimate of drug-likeness (QED) is 0.142. The number of anilines is 7. The van der Waals surface area contributed by atoms with Crippen molar-refractivity contribution in [1.29, 1.82) is 0 Å². The van der Waals surface area contributed by atoms with Crippen molar-refractivity contribution in [2.24, 2.45) is 0 Å². The lowest BCUT2D eigenvalue weighted by molar-refractivity contribution is 0.642. The van der Waals surface area contributed by atoms with Crippen LogP contribution in [0.2, 0.25) is 0 Å². The Morgan fingerprint density at radius 1 is 0.452 bits per heavy atom. The van der Waals surface area contributed by atoms with E-state index in [0.717, 1.165) is 29.9 Å². The van der Waals surface area contributed by atoms with Gasteiger partial charge in [0.1, 0.15) is 0 Å². The zero-order valence-electron chi connectivity index (χ0n) is 35.8. The molecule has 2 heterocycles. The van der Waals surface area contributed by atoms with Gasteiger partial charge < -0.3 is 19.3 Å². The minimum Gasteiger partial charge on any atom is -0.337 e. The molecule has 1 aromatic heterocycles. The van der Waals surface area contributed by atoms with E-state index in [-0.39, 0.29) is 0 Å². The summed E-state index contributed by atoms with van der Waals surface area (Å²) in [7, 11) is 0. The molecular weight excluding hydrogens is 753 g/mol. The van der Waals surface area contributed by atoms with Gasteiger partial charge in [0.25, 0.3) is 0 Å². The van der Waals surface area contributed by atoms with E-state index in [1.54, 1.807) is 0 Å². The van der Waals surface area contributed by atoms with Gasteiger partial charge in [-0.2, -0.15) is 0 Å². The van der Waals surface area contributed by atoms with E-state index in [9.17, 15) is 0 Å². The van der Waals surface area contributed by atoms with E-state index in [2.05, 4.69) is 241 Å². The summed E-state index contributed by atoms with van der Waals surface area (Å²) < 4.78 is 2.56. The maximum absolute atomic E-state index is 2.59. The summed E-state index contributed by atoms with van der Waals surface area (Å²) in [5, 5.41) is 6.53. The van der Waals surface area contributed by atoms with E-state index >= 15 is 0 Å². The number of benzene rings is 8. The van der Waals surface area contributed by atoms with Crippen LogP contribution in [0.25, 0.3) is 38.1 Å². The lowest BCUT2D eigenvalue weighted by Gasteiger charge is -2.30.